The summed E-state index contributed by atoms with van der Waals surface area (Å²) in [5.74, 6) is -0.551. The summed E-state index contributed by atoms with van der Waals surface area (Å²) < 4.78 is 5.30. The highest BCUT2D eigenvalue weighted by Gasteiger charge is 2.30. The normalized spacial score (nSPS) is 14.1. The van der Waals surface area contributed by atoms with Crippen molar-refractivity contribution in [1.29, 1.82) is 0 Å². The van der Waals surface area contributed by atoms with Crippen molar-refractivity contribution < 1.29 is 14.3 Å². The lowest BCUT2D eigenvalue weighted by Gasteiger charge is -2.30. The van der Waals surface area contributed by atoms with Gasteiger partial charge in [0, 0.05) is 29.6 Å². The molecule has 0 bridgehead atoms. The van der Waals surface area contributed by atoms with Crippen molar-refractivity contribution in [2.75, 3.05) is 18.5 Å². The molecular weight excluding hydrogens is 372 g/mol. The third-order valence-electron chi connectivity index (χ3n) is 5.01. The lowest BCUT2D eigenvalue weighted by atomic mass is 10.0. The molecule has 0 radical (unpaired) electrons. The van der Waals surface area contributed by atoms with E-state index in [4.69, 9.17) is 4.74 Å². The van der Waals surface area contributed by atoms with Gasteiger partial charge in [-0.2, -0.15) is 0 Å². The number of hydrogen-bond acceptors (Lipinski definition) is 5. The summed E-state index contributed by atoms with van der Waals surface area (Å²) in [7, 11) is 0. The van der Waals surface area contributed by atoms with E-state index in [9.17, 15) is 9.59 Å². The van der Waals surface area contributed by atoms with Crippen LogP contribution >= 0.6 is 11.3 Å². The summed E-state index contributed by atoms with van der Waals surface area (Å²) in [6.45, 7) is 12.1. The summed E-state index contributed by atoms with van der Waals surface area (Å²) in [4.78, 5) is 29.0. The fraction of sp³-hybridized carbons (Fsp3) is 0.455. The van der Waals surface area contributed by atoms with Crippen molar-refractivity contribution in [3.63, 3.8) is 0 Å². The Hall–Kier alpha value is -2.18. The van der Waals surface area contributed by atoms with Gasteiger partial charge in [0.05, 0.1) is 12.2 Å². The molecule has 3 rings (SSSR count). The predicted octanol–water partition coefficient (Wildman–Crippen LogP) is 4.56. The molecule has 0 fully saturated rings. The minimum absolute atomic E-state index is 0.198. The summed E-state index contributed by atoms with van der Waals surface area (Å²) in [6.07, 6.45) is 0.789. The zero-order valence-electron chi connectivity index (χ0n) is 17.2. The number of carbonyl (C=O) groups excluding carboxylic acids is 2. The number of aryl methyl sites for hydroxylation is 2. The molecule has 1 aromatic heterocycles. The van der Waals surface area contributed by atoms with Gasteiger partial charge < -0.3 is 10.1 Å². The number of nitrogens with one attached hydrogen (secondary N) is 1. The number of fused-ring (bicyclic) bond motifs is 1. The molecule has 1 aliphatic rings. The fourth-order valence-electron chi connectivity index (χ4n) is 3.65. The van der Waals surface area contributed by atoms with Gasteiger partial charge in [0.2, 0.25) is 0 Å². The molecule has 0 aliphatic carbocycles. The largest absolute Gasteiger partial charge is 0.462 e. The molecule has 0 atom stereocenters. The van der Waals surface area contributed by atoms with Crippen molar-refractivity contribution >= 4 is 28.2 Å². The first-order valence-corrected chi connectivity index (χ1v) is 10.6. The van der Waals surface area contributed by atoms with E-state index in [0.717, 1.165) is 41.1 Å². The number of amides is 1. The van der Waals surface area contributed by atoms with Gasteiger partial charge in [0.25, 0.3) is 5.91 Å². The molecule has 5 nitrogen and oxygen atoms in total. The summed E-state index contributed by atoms with van der Waals surface area (Å²) in [5.41, 5.74) is 4.23. The van der Waals surface area contributed by atoms with Crippen LogP contribution in [-0.4, -0.2) is 36.0 Å². The average Bonchev–Trinajstić information content (AvgIpc) is 2.97. The number of rotatable bonds is 5. The number of anilines is 1. The molecule has 2 heterocycles. The Kier molecular flexibility index (Phi) is 6.20. The third kappa shape index (κ3) is 4.28. The minimum atomic E-state index is -0.353. The first-order valence-electron chi connectivity index (χ1n) is 9.75. The molecule has 6 heteroatoms. The van der Waals surface area contributed by atoms with Gasteiger partial charge in [-0.05, 0) is 58.7 Å². The first kappa shape index (κ1) is 20.6. The van der Waals surface area contributed by atoms with Crippen LogP contribution in [0.3, 0.4) is 0 Å². The third-order valence-corrected chi connectivity index (χ3v) is 6.14. The number of esters is 1. The van der Waals surface area contributed by atoms with Crippen molar-refractivity contribution in [2.24, 2.45) is 0 Å². The number of benzene rings is 1. The Morgan fingerprint density at radius 1 is 1.21 bits per heavy atom. The molecule has 2 aromatic rings. The highest BCUT2D eigenvalue weighted by molar-refractivity contribution is 7.17. The van der Waals surface area contributed by atoms with Crippen molar-refractivity contribution in [3.8, 4) is 0 Å². The van der Waals surface area contributed by atoms with Gasteiger partial charge in [-0.1, -0.05) is 17.2 Å². The number of nitrogens with zero attached hydrogens (tertiary/aromatic N) is 1. The van der Waals surface area contributed by atoms with Crippen LogP contribution < -0.4 is 5.32 Å². The zero-order chi connectivity index (χ0) is 20.4. The van der Waals surface area contributed by atoms with Crippen LogP contribution in [-0.2, 0) is 17.7 Å². The monoisotopic (exact) mass is 400 g/mol. The van der Waals surface area contributed by atoms with E-state index in [0.29, 0.717) is 28.8 Å². The molecule has 1 aliphatic heterocycles. The lowest BCUT2D eigenvalue weighted by molar-refractivity contribution is 0.0526. The van der Waals surface area contributed by atoms with E-state index in [1.165, 1.54) is 11.3 Å². The van der Waals surface area contributed by atoms with Crippen LogP contribution in [0.4, 0.5) is 5.00 Å². The van der Waals surface area contributed by atoms with Gasteiger partial charge in [-0.3, -0.25) is 9.69 Å². The van der Waals surface area contributed by atoms with Gasteiger partial charge in [0.15, 0.2) is 0 Å². The maximum absolute atomic E-state index is 12.9. The Labute approximate surface area is 170 Å². The maximum atomic E-state index is 12.9. The van der Waals surface area contributed by atoms with E-state index in [-0.39, 0.29) is 11.9 Å². The molecule has 28 heavy (non-hydrogen) atoms. The van der Waals surface area contributed by atoms with E-state index >= 15 is 0 Å². The van der Waals surface area contributed by atoms with Gasteiger partial charge >= 0.3 is 5.97 Å². The van der Waals surface area contributed by atoms with Gasteiger partial charge in [-0.25, -0.2) is 4.79 Å². The predicted molar refractivity (Wildman–Crippen MR) is 113 cm³/mol. The smallest absolute Gasteiger partial charge is 0.341 e. The summed E-state index contributed by atoms with van der Waals surface area (Å²) >= 11 is 1.49. The Bertz CT molecular complexity index is 881. The SMILES string of the molecule is CCOC(=O)c1c(NC(=O)c2cc(C)cc(C)c2)sc2c1CCN(C(C)C)C2. The number of carbonyl (C=O) groups is 2. The zero-order valence-corrected chi connectivity index (χ0v) is 18.0. The Balaban J connectivity index is 1.95. The van der Waals surface area contributed by atoms with Crippen molar-refractivity contribution in [1.82, 2.24) is 4.90 Å². The molecule has 0 unspecified atom stereocenters. The second-order valence-electron chi connectivity index (χ2n) is 7.57. The van der Waals surface area contributed by atoms with E-state index < -0.39 is 0 Å². The molecule has 0 saturated carbocycles. The molecule has 0 spiro atoms. The van der Waals surface area contributed by atoms with Crippen LogP contribution in [0.1, 0.15) is 63.1 Å². The Morgan fingerprint density at radius 3 is 2.50 bits per heavy atom. The lowest BCUT2D eigenvalue weighted by Crippen LogP contribution is -2.35. The fourth-order valence-corrected chi connectivity index (χ4v) is 4.91. The van der Waals surface area contributed by atoms with Gasteiger partial charge in [0.1, 0.15) is 5.00 Å². The minimum Gasteiger partial charge on any atom is -0.462 e. The van der Waals surface area contributed by atoms with Crippen molar-refractivity contribution in [2.45, 2.75) is 53.6 Å². The molecule has 1 aromatic carbocycles. The highest BCUT2D eigenvalue weighted by atomic mass is 32.1. The van der Waals surface area contributed by atoms with E-state index in [1.54, 1.807) is 6.92 Å². The molecule has 150 valence electrons. The molecule has 1 N–H and O–H groups in total. The molecule has 0 saturated heterocycles. The maximum Gasteiger partial charge on any atom is 0.341 e. The number of thiophene rings is 1. The second-order valence-corrected chi connectivity index (χ2v) is 8.68. The van der Waals surface area contributed by atoms with Crippen LogP contribution in [0, 0.1) is 13.8 Å². The highest BCUT2D eigenvalue weighted by Crippen LogP contribution is 2.38. The van der Waals surface area contributed by atoms with E-state index in [1.807, 2.05) is 32.0 Å². The van der Waals surface area contributed by atoms with Crippen LogP contribution in [0.5, 0.6) is 0 Å². The number of ether oxygens (including phenoxy) is 1. The second kappa shape index (κ2) is 8.45. The molecular formula is C22H28N2O3S. The van der Waals surface area contributed by atoms with Crippen LogP contribution in [0.15, 0.2) is 18.2 Å². The summed E-state index contributed by atoms with van der Waals surface area (Å²) in [6, 6.07) is 6.20. The molecule has 1 amide bonds. The average molecular weight is 401 g/mol. The van der Waals surface area contributed by atoms with Gasteiger partial charge in [-0.15, -0.1) is 11.3 Å². The summed E-state index contributed by atoms with van der Waals surface area (Å²) in [5, 5.41) is 3.58. The quantitative estimate of drug-likeness (QED) is 0.748. The van der Waals surface area contributed by atoms with Crippen LogP contribution in [0.2, 0.25) is 0 Å². The van der Waals surface area contributed by atoms with Crippen LogP contribution in [0.25, 0.3) is 0 Å². The Morgan fingerprint density at radius 2 is 1.89 bits per heavy atom. The number of hydrogen-bond donors (Lipinski definition) is 1. The standard InChI is InChI=1S/C22H28N2O3S/c1-6-27-22(26)19-17-7-8-24(13(2)3)12-18(17)28-21(19)23-20(25)16-10-14(4)9-15(5)11-16/h9-11,13H,6-8,12H2,1-5H3,(H,23,25). The van der Waals surface area contributed by atoms with E-state index in [2.05, 4.69) is 24.1 Å². The first-order chi connectivity index (χ1) is 13.3. The topological polar surface area (TPSA) is 58.6 Å². The van der Waals surface area contributed by atoms with Crippen molar-refractivity contribution in [3.05, 3.63) is 50.9 Å².